The van der Waals surface area contributed by atoms with Crippen LogP contribution in [0.15, 0.2) is 18.3 Å². The Bertz CT molecular complexity index is 522. The smallest absolute Gasteiger partial charge is 0.323 e. The molecule has 1 aromatic rings. The quantitative estimate of drug-likeness (QED) is 0.835. The molecule has 2 amide bonds. The van der Waals surface area contributed by atoms with Crippen molar-refractivity contribution in [2.75, 3.05) is 18.4 Å². The summed E-state index contributed by atoms with van der Waals surface area (Å²) < 4.78 is 12.8. The summed E-state index contributed by atoms with van der Waals surface area (Å²) in [5.74, 6) is 0.0658. The first-order valence-corrected chi connectivity index (χ1v) is 7.47. The molecule has 0 unspecified atom stereocenters. The predicted octanol–water partition coefficient (Wildman–Crippen LogP) is 2.38. The number of fused-ring (bicyclic) bond motifs is 1. The van der Waals surface area contributed by atoms with Crippen LogP contribution < -0.4 is 5.32 Å². The molecule has 0 radical (unpaired) electrons. The van der Waals surface area contributed by atoms with Gasteiger partial charge in [-0.2, -0.15) is 0 Å². The van der Waals surface area contributed by atoms with Gasteiger partial charge in [0.05, 0.1) is 11.8 Å². The Morgan fingerprint density at radius 1 is 1.43 bits per heavy atom. The van der Waals surface area contributed by atoms with Gasteiger partial charge in [0.1, 0.15) is 11.6 Å². The van der Waals surface area contributed by atoms with Crippen molar-refractivity contribution in [1.82, 2.24) is 9.88 Å². The highest BCUT2D eigenvalue weighted by Gasteiger charge is 2.43. The largest absolute Gasteiger partial charge is 0.389 e. The van der Waals surface area contributed by atoms with E-state index < -0.39 is 11.4 Å². The van der Waals surface area contributed by atoms with E-state index in [4.69, 9.17) is 0 Å². The van der Waals surface area contributed by atoms with E-state index in [0.29, 0.717) is 25.3 Å². The first-order chi connectivity index (χ1) is 10.1. The molecule has 1 saturated carbocycles. The summed E-state index contributed by atoms with van der Waals surface area (Å²) in [6.45, 7) is 1.11. The summed E-state index contributed by atoms with van der Waals surface area (Å²) in [4.78, 5) is 17.8. The van der Waals surface area contributed by atoms with Crippen molar-refractivity contribution >= 4 is 11.8 Å². The van der Waals surface area contributed by atoms with Crippen LogP contribution in [0.25, 0.3) is 0 Å². The van der Waals surface area contributed by atoms with Crippen molar-refractivity contribution in [2.45, 2.75) is 37.7 Å². The number of carbonyl (C=O) groups excluding carboxylic acids is 1. The highest BCUT2D eigenvalue weighted by Crippen LogP contribution is 2.39. The number of aromatic nitrogens is 1. The molecule has 1 saturated heterocycles. The molecule has 2 aliphatic rings. The molecule has 21 heavy (non-hydrogen) atoms. The van der Waals surface area contributed by atoms with Crippen molar-refractivity contribution in [1.29, 1.82) is 0 Å². The molecular formula is C15H20FN3O2. The number of anilines is 1. The Labute approximate surface area is 123 Å². The lowest BCUT2D eigenvalue weighted by Crippen LogP contribution is -2.55. The van der Waals surface area contributed by atoms with Crippen LogP contribution in [0.1, 0.15) is 32.1 Å². The number of carbonyl (C=O) groups is 1. The van der Waals surface area contributed by atoms with Gasteiger partial charge in [-0.3, -0.25) is 5.32 Å². The molecule has 2 atom stereocenters. The summed E-state index contributed by atoms with van der Waals surface area (Å²) >= 11 is 0. The van der Waals surface area contributed by atoms with Crippen molar-refractivity contribution in [2.24, 2.45) is 5.92 Å². The monoisotopic (exact) mass is 293 g/mol. The fraction of sp³-hybridized carbons (Fsp3) is 0.600. The minimum atomic E-state index is -0.594. The zero-order valence-electron chi connectivity index (χ0n) is 11.9. The predicted molar refractivity (Wildman–Crippen MR) is 76.3 cm³/mol. The van der Waals surface area contributed by atoms with E-state index in [1.165, 1.54) is 12.1 Å². The Balaban J connectivity index is 1.62. The Morgan fingerprint density at radius 3 is 3.05 bits per heavy atom. The molecule has 114 valence electrons. The molecule has 6 heteroatoms. The van der Waals surface area contributed by atoms with Crippen molar-refractivity contribution in [3.63, 3.8) is 0 Å². The van der Waals surface area contributed by atoms with Crippen LogP contribution in [0.4, 0.5) is 15.0 Å². The van der Waals surface area contributed by atoms with Gasteiger partial charge in [-0.1, -0.05) is 12.8 Å². The van der Waals surface area contributed by atoms with Crippen molar-refractivity contribution < 1.29 is 14.3 Å². The molecular weight excluding hydrogens is 273 g/mol. The summed E-state index contributed by atoms with van der Waals surface area (Å²) in [6, 6.07) is 2.47. The summed E-state index contributed by atoms with van der Waals surface area (Å²) in [6.07, 6.45) is 5.69. The van der Waals surface area contributed by atoms with Gasteiger partial charge in [0.2, 0.25) is 0 Å². The van der Waals surface area contributed by atoms with Crippen LogP contribution in [0.5, 0.6) is 0 Å². The Hall–Kier alpha value is -1.69. The average molecular weight is 293 g/mol. The number of hydrogen-bond acceptors (Lipinski definition) is 3. The first kappa shape index (κ1) is 14.3. The van der Waals surface area contributed by atoms with E-state index in [0.717, 1.165) is 31.9 Å². The van der Waals surface area contributed by atoms with Crippen molar-refractivity contribution in [3.8, 4) is 0 Å². The molecule has 1 aliphatic heterocycles. The minimum Gasteiger partial charge on any atom is -0.389 e. The number of nitrogens with one attached hydrogen (secondary N) is 1. The second kappa shape index (κ2) is 5.60. The normalized spacial score (nSPS) is 28.9. The van der Waals surface area contributed by atoms with Gasteiger partial charge in [0, 0.05) is 19.0 Å². The average Bonchev–Trinajstić information content (AvgIpc) is 2.48. The fourth-order valence-corrected chi connectivity index (χ4v) is 3.39. The van der Waals surface area contributed by atoms with Crippen LogP contribution in [0.2, 0.25) is 0 Å². The fourth-order valence-electron chi connectivity index (χ4n) is 3.39. The maximum absolute atomic E-state index is 12.8. The maximum Gasteiger partial charge on any atom is 0.323 e. The van der Waals surface area contributed by atoms with Gasteiger partial charge < -0.3 is 10.0 Å². The maximum atomic E-state index is 12.8. The van der Waals surface area contributed by atoms with Crippen molar-refractivity contribution in [3.05, 3.63) is 24.1 Å². The highest BCUT2D eigenvalue weighted by molar-refractivity contribution is 5.88. The molecule has 2 N–H and O–H groups in total. The molecule has 1 aromatic heterocycles. The van der Waals surface area contributed by atoms with E-state index >= 15 is 0 Å². The lowest BCUT2D eigenvalue weighted by Gasteiger charge is -2.47. The van der Waals surface area contributed by atoms with Crippen LogP contribution in [0, 0.1) is 11.7 Å². The molecule has 2 heterocycles. The molecule has 0 bridgehead atoms. The molecule has 3 rings (SSSR count). The van der Waals surface area contributed by atoms with Crippen LogP contribution in [-0.2, 0) is 0 Å². The first-order valence-electron chi connectivity index (χ1n) is 7.47. The lowest BCUT2D eigenvalue weighted by molar-refractivity contribution is -0.0863. The van der Waals surface area contributed by atoms with Crippen LogP contribution >= 0.6 is 0 Å². The number of nitrogens with zero attached hydrogens (tertiary/aromatic N) is 2. The summed E-state index contributed by atoms with van der Waals surface area (Å²) in [5.41, 5.74) is -0.594. The topological polar surface area (TPSA) is 65.5 Å². The summed E-state index contributed by atoms with van der Waals surface area (Å²) in [7, 11) is 0. The van der Waals surface area contributed by atoms with E-state index in [-0.39, 0.29) is 11.9 Å². The number of halogens is 1. The van der Waals surface area contributed by atoms with E-state index in [2.05, 4.69) is 10.3 Å². The minimum absolute atomic E-state index is 0.159. The SMILES string of the molecule is O=C(Nc1ccc(F)cn1)N1CC[C@@]2(O)CCCC[C@H]2C1. The Kier molecular flexibility index (Phi) is 3.80. The number of rotatable bonds is 1. The highest BCUT2D eigenvalue weighted by atomic mass is 19.1. The van der Waals surface area contributed by atoms with Gasteiger partial charge in [-0.05, 0) is 31.4 Å². The van der Waals surface area contributed by atoms with Crippen LogP contribution in [-0.4, -0.2) is 39.7 Å². The van der Waals surface area contributed by atoms with E-state index in [9.17, 15) is 14.3 Å². The van der Waals surface area contributed by atoms with Gasteiger partial charge >= 0.3 is 6.03 Å². The second-order valence-electron chi connectivity index (χ2n) is 6.03. The van der Waals surface area contributed by atoms with Gasteiger partial charge in [0.15, 0.2) is 0 Å². The van der Waals surface area contributed by atoms with E-state index in [1.54, 1.807) is 4.90 Å². The zero-order chi connectivity index (χ0) is 14.9. The van der Waals surface area contributed by atoms with Crippen LogP contribution in [0.3, 0.4) is 0 Å². The van der Waals surface area contributed by atoms with Gasteiger partial charge in [-0.15, -0.1) is 0 Å². The Morgan fingerprint density at radius 2 is 2.29 bits per heavy atom. The number of piperidine rings is 1. The van der Waals surface area contributed by atoms with Gasteiger partial charge in [0.25, 0.3) is 0 Å². The number of likely N-dealkylation sites (tertiary alicyclic amines) is 1. The third kappa shape index (κ3) is 3.00. The number of pyridine rings is 1. The third-order valence-electron chi connectivity index (χ3n) is 4.68. The number of urea groups is 1. The van der Waals surface area contributed by atoms with E-state index in [1.807, 2.05) is 0 Å². The number of hydrogen-bond donors (Lipinski definition) is 2. The molecule has 2 fully saturated rings. The lowest BCUT2D eigenvalue weighted by atomic mass is 9.71. The number of amides is 2. The standard InChI is InChI=1S/C15H20FN3O2/c16-12-4-5-13(17-9-12)18-14(20)19-8-7-15(21)6-2-1-3-11(15)10-19/h4-5,9,11,21H,1-3,6-8,10H2,(H,17,18,20)/t11-,15-/m0/s1. The number of aliphatic hydroxyl groups is 1. The molecule has 5 nitrogen and oxygen atoms in total. The molecule has 1 aliphatic carbocycles. The summed E-state index contributed by atoms with van der Waals surface area (Å²) in [5, 5.41) is 13.3. The third-order valence-corrected chi connectivity index (χ3v) is 4.68. The molecule has 0 spiro atoms. The van der Waals surface area contributed by atoms with Gasteiger partial charge in [-0.25, -0.2) is 14.2 Å². The zero-order valence-corrected chi connectivity index (χ0v) is 11.9. The second-order valence-corrected chi connectivity index (χ2v) is 6.03. The molecule has 0 aromatic carbocycles.